The normalized spacial score (nSPS) is 23.8. The van der Waals surface area contributed by atoms with Crippen LogP contribution in [-0.2, 0) is 9.59 Å². The molecule has 0 radical (unpaired) electrons. The summed E-state index contributed by atoms with van der Waals surface area (Å²) < 4.78 is 10.6. The Morgan fingerprint density at radius 2 is 1.91 bits per heavy atom. The van der Waals surface area contributed by atoms with Crippen LogP contribution in [0.25, 0.3) is 0 Å². The maximum absolute atomic E-state index is 13.1. The molecule has 1 aromatic carbocycles. The summed E-state index contributed by atoms with van der Waals surface area (Å²) >= 11 is 0. The summed E-state index contributed by atoms with van der Waals surface area (Å²) in [7, 11) is 1.46. The van der Waals surface area contributed by atoms with Crippen LogP contribution in [0.1, 0.15) is 57.3 Å². The smallest absolute Gasteiger partial charge is 0.325 e. The monoisotopic (exact) mass is 460 g/mol. The molecule has 1 spiro atoms. The van der Waals surface area contributed by atoms with Crippen LogP contribution in [0.2, 0.25) is 0 Å². The largest absolute Gasteiger partial charge is 0.493 e. The van der Waals surface area contributed by atoms with Gasteiger partial charge < -0.3 is 14.8 Å². The highest BCUT2D eigenvalue weighted by Crippen LogP contribution is 2.46. The maximum atomic E-state index is 13.1. The third-order valence-corrected chi connectivity index (χ3v) is 5.97. The summed E-state index contributed by atoms with van der Waals surface area (Å²) in [6, 6.07) is 4.02. The molecule has 1 aromatic rings. The van der Waals surface area contributed by atoms with Gasteiger partial charge in [0, 0.05) is 5.56 Å². The van der Waals surface area contributed by atoms with Gasteiger partial charge in [-0.25, -0.2) is 4.79 Å². The van der Waals surface area contributed by atoms with Gasteiger partial charge in [-0.1, -0.05) is 20.8 Å². The Morgan fingerprint density at radius 1 is 1.18 bits per heavy atom. The Hall–Kier alpha value is -3.30. The molecule has 3 N–H and O–H groups in total. The molecule has 33 heavy (non-hydrogen) atoms. The van der Waals surface area contributed by atoms with Crippen LogP contribution in [-0.4, -0.2) is 54.5 Å². The first-order valence-corrected chi connectivity index (χ1v) is 11.0. The van der Waals surface area contributed by atoms with Crippen LogP contribution in [0.3, 0.4) is 0 Å². The minimum absolute atomic E-state index is 0.106. The standard InChI is InChI=1S/C23H32N4O6/c1-6-33-16-8-7-15(9-17(16)32-5)19(29)26-25-18(28)12-27-20(30)23(24-21(27)31)11-14(2)10-22(3,4)13-23/h7-9,14H,6,10-13H2,1-5H3,(H,24,31)(H,25,28)(H,26,29). The zero-order chi connectivity index (χ0) is 24.4. The first-order valence-electron chi connectivity index (χ1n) is 11.0. The molecule has 2 aliphatic rings. The molecule has 1 aliphatic heterocycles. The van der Waals surface area contributed by atoms with Crippen LogP contribution < -0.4 is 25.6 Å². The van der Waals surface area contributed by atoms with E-state index in [1.165, 1.54) is 19.2 Å². The molecule has 180 valence electrons. The van der Waals surface area contributed by atoms with Gasteiger partial charge in [0.15, 0.2) is 11.5 Å². The van der Waals surface area contributed by atoms with E-state index in [2.05, 4.69) is 36.9 Å². The van der Waals surface area contributed by atoms with E-state index in [1.54, 1.807) is 6.07 Å². The number of benzene rings is 1. The van der Waals surface area contributed by atoms with Crippen LogP contribution in [0.4, 0.5) is 4.79 Å². The van der Waals surface area contributed by atoms with Gasteiger partial charge in [-0.3, -0.25) is 30.1 Å². The van der Waals surface area contributed by atoms with E-state index in [0.717, 1.165) is 11.3 Å². The molecular formula is C23H32N4O6. The number of hydrazine groups is 1. The van der Waals surface area contributed by atoms with Crippen molar-refractivity contribution in [2.45, 2.75) is 52.5 Å². The van der Waals surface area contributed by atoms with Gasteiger partial charge in [-0.2, -0.15) is 0 Å². The third kappa shape index (κ3) is 5.20. The predicted molar refractivity (Wildman–Crippen MR) is 120 cm³/mol. The van der Waals surface area contributed by atoms with Crippen molar-refractivity contribution in [1.29, 1.82) is 0 Å². The number of carbonyl (C=O) groups is 4. The quantitative estimate of drug-likeness (QED) is 0.440. The Morgan fingerprint density at radius 3 is 2.55 bits per heavy atom. The summed E-state index contributed by atoms with van der Waals surface area (Å²) in [5.74, 6) is -0.536. The highest BCUT2D eigenvalue weighted by molar-refractivity contribution is 6.09. The van der Waals surface area contributed by atoms with E-state index in [4.69, 9.17) is 9.47 Å². The third-order valence-electron chi connectivity index (χ3n) is 5.97. The molecule has 1 heterocycles. The first kappa shape index (κ1) is 24.3. The molecule has 0 aromatic heterocycles. The molecule has 2 fully saturated rings. The van der Waals surface area contributed by atoms with Crippen molar-refractivity contribution >= 4 is 23.8 Å². The molecule has 1 aliphatic carbocycles. The number of urea groups is 1. The fraction of sp³-hybridized carbons (Fsp3) is 0.565. The van der Waals surface area contributed by atoms with Crippen molar-refractivity contribution in [3.05, 3.63) is 23.8 Å². The SMILES string of the molecule is CCOc1ccc(C(=O)NNC(=O)CN2C(=O)NC3(CC(C)CC(C)(C)C3)C2=O)cc1OC. The Balaban J connectivity index is 1.60. The van der Waals surface area contributed by atoms with Gasteiger partial charge in [0.1, 0.15) is 12.1 Å². The van der Waals surface area contributed by atoms with E-state index in [0.29, 0.717) is 30.9 Å². The average molecular weight is 461 g/mol. The van der Waals surface area contributed by atoms with Crippen molar-refractivity contribution in [3.63, 3.8) is 0 Å². The predicted octanol–water partition coefficient (Wildman–Crippen LogP) is 1.99. The van der Waals surface area contributed by atoms with Crippen molar-refractivity contribution in [2.75, 3.05) is 20.3 Å². The average Bonchev–Trinajstić information content (AvgIpc) is 2.94. The van der Waals surface area contributed by atoms with Crippen molar-refractivity contribution in [3.8, 4) is 11.5 Å². The lowest BCUT2D eigenvalue weighted by molar-refractivity contribution is -0.137. The number of hydrogen-bond acceptors (Lipinski definition) is 6. The topological polar surface area (TPSA) is 126 Å². The minimum atomic E-state index is -0.985. The van der Waals surface area contributed by atoms with E-state index in [1.807, 2.05) is 6.92 Å². The molecule has 5 amide bonds. The molecule has 1 saturated heterocycles. The number of ether oxygens (including phenoxy) is 2. The van der Waals surface area contributed by atoms with Crippen LogP contribution >= 0.6 is 0 Å². The number of methoxy groups -OCH3 is 1. The summed E-state index contributed by atoms with van der Waals surface area (Å²) in [5, 5.41) is 2.82. The zero-order valence-corrected chi connectivity index (χ0v) is 19.7. The molecule has 10 nitrogen and oxygen atoms in total. The molecule has 1 saturated carbocycles. The molecule has 10 heteroatoms. The first-order chi connectivity index (χ1) is 15.5. The molecule has 2 unspecified atom stereocenters. The van der Waals surface area contributed by atoms with E-state index in [-0.39, 0.29) is 16.9 Å². The van der Waals surface area contributed by atoms with Gasteiger partial charge in [0.25, 0.3) is 17.7 Å². The number of nitrogens with one attached hydrogen (secondary N) is 3. The van der Waals surface area contributed by atoms with Gasteiger partial charge in [0.2, 0.25) is 0 Å². The minimum Gasteiger partial charge on any atom is -0.493 e. The fourth-order valence-electron chi connectivity index (χ4n) is 5.11. The highest BCUT2D eigenvalue weighted by Gasteiger charge is 2.56. The lowest BCUT2D eigenvalue weighted by Gasteiger charge is -2.43. The number of nitrogens with zero attached hydrogens (tertiary/aromatic N) is 1. The molecule has 2 atom stereocenters. The number of hydrogen-bond donors (Lipinski definition) is 3. The van der Waals surface area contributed by atoms with E-state index < -0.39 is 35.8 Å². The number of rotatable bonds is 6. The lowest BCUT2D eigenvalue weighted by Crippen LogP contribution is -2.54. The Labute approximate surface area is 193 Å². The van der Waals surface area contributed by atoms with Crippen LogP contribution in [0, 0.1) is 11.3 Å². The molecule has 0 bridgehead atoms. The highest BCUT2D eigenvalue weighted by atomic mass is 16.5. The zero-order valence-electron chi connectivity index (χ0n) is 19.7. The maximum Gasteiger partial charge on any atom is 0.325 e. The van der Waals surface area contributed by atoms with Crippen molar-refractivity contribution in [1.82, 2.24) is 21.1 Å². The van der Waals surface area contributed by atoms with Crippen molar-refractivity contribution in [2.24, 2.45) is 11.3 Å². The molecule has 3 rings (SSSR count). The summed E-state index contributed by atoms with van der Waals surface area (Å²) in [5.41, 5.74) is 3.70. The number of imide groups is 1. The number of carbonyl (C=O) groups excluding carboxylic acids is 4. The fourth-order valence-corrected chi connectivity index (χ4v) is 5.11. The second-order valence-electron chi connectivity index (χ2n) is 9.56. The Bertz CT molecular complexity index is 962. The van der Waals surface area contributed by atoms with E-state index in [9.17, 15) is 19.2 Å². The van der Waals surface area contributed by atoms with Gasteiger partial charge in [0.05, 0.1) is 13.7 Å². The lowest BCUT2D eigenvalue weighted by atomic mass is 9.64. The van der Waals surface area contributed by atoms with E-state index >= 15 is 0 Å². The summed E-state index contributed by atoms with van der Waals surface area (Å²) in [6.07, 6.45) is 2.01. The van der Waals surface area contributed by atoms with Gasteiger partial charge in [-0.15, -0.1) is 0 Å². The second-order valence-corrected chi connectivity index (χ2v) is 9.56. The van der Waals surface area contributed by atoms with Crippen molar-refractivity contribution < 1.29 is 28.7 Å². The van der Waals surface area contributed by atoms with Gasteiger partial charge in [-0.05, 0) is 55.7 Å². The van der Waals surface area contributed by atoms with Crippen LogP contribution in [0.5, 0.6) is 11.5 Å². The summed E-state index contributed by atoms with van der Waals surface area (Å²) in [6.45, 7) is 7.99. The van der Waals surface area contributed by atoms with Crippen LogP contribution in [0.15, 0.2) is 18.2 Å². The summed E-state index contributed by atoms with van der Waals surface area (Å²) in [4.78, 5) is 51.4. The number of amides is 5. The Kier molecular flexibility index (Phi) is 6.85. The molecular weight excluding hydrogens is 428 g/mol. The second kappa shape index (κ2) is 9.29. The van der Waals surface area contributed by atoms with Gasteiger partial charge >= 0.3 is 6.03 Å².